The van der Waals surface area contributed by atoms with E-state index in [1.807, 2.05) is 0 Å². The zero-order valence-corrected chi connectivity index (χ0v) is 30.7. The molecule has 0 unspecified atom stereocenters. The third-order valence-electron chi connectivity index (χ3n) is 0. The predicted octanol–water partition coefficient (Wildman–Crippen LogP) is -12.8. The first kappa shape index (κ1) is 64.9. The Balaban J connectivity index is -0.0000000185. The zero-order chi connectivity index (χ0) is 24.0. The summed E-state index contributed by atoms with van der Waals surface area (Å²) in [5.41, 5.74) is 0. The zero-order valence-electron chi connectivity index (χ0n) is 13.2. The van der Waals surface area contributed by atoms with E-state index in [1.54, 1.807) is 0 Å². The first-order valence-corrected chi connectivity index (χ1v) is 12.4. The molecule has 0 aromatic carbocycles. The van der Waals surface area contributed by atoms with E-state index < -0.39 is 31.3 Å². The summed E-state index contributed by atoms with van der Waals surface area (Å²) in [7, 11) is -21.6. The average molecular weight is 822 g/mol. The molecule has 29 heavy (non-hydrogen) atoms. The van der Waals surface area contributed by atoms with Crippen LogP contribution in [0.2, 0.25) is 0 Å². The molecular weight excluding hydrogens is 822 g/mol. The van der Waals surface area contributed by atoms with Crippen LogP contribution in [0.4, 0.5) is 0 Å². The Morgan fingerprint density at radius 1 is 0.310 bits per heavy atom. The molecule has 0 aliphatic rings. The Kier molecular flexibility index (Phi) is 92.6. The van der Waals surface area contributed by atoms with Gasteiger partial charge in [-0.2, -0.15) is 31.3 Å². The van der Waals surface area contributed by atoms with E-state index in [9.17, 15) is 0 Å². The molecule has 0 amide bonds. The molecule has 0 aromatic rings. The van der Waals surface area contributed by atoms with Crippen molar-refractivity contribution in [1.82, 2.24) is 0 Å². The van der Waals surface area contributed by atoms with Gasteiger partial charge in [-0.1, -0.05) is 0 Å². The maximum atomic E-state index is 8.55. The third-order valence-corrected chi connectivity index (χ3v) is 0. The van der Waals surface area contributed by atoms with Crippen molar-refractivity contribution in [2.24, 2.45) is 0 Å². The van der Waals surface area contributed by atoms with Gasteiger partial charge in [-0.05, 0) is 0 Å². The normalized spacial score (nSPS) is 8.76. The van der Waals surface area contributed by atoms with E-state index in [0.717, 1.165) is 0 Å². The van der Waals surface area contributed by atoms with E-state index >= 15 is 0 Å². The van der Waals surface area contributed by atoms with Gasteiger partial charge in [0.1, 0.15) is 0 Å². The number of hydrogen-bond donors (Lipinski definition) is 0. The fourth-order valence-electron chi connectivity index (χ4n) is 0. The molecule has 0 spiro atoms. The Bertz CT molecular complexity index is 344. The second-order valence-corrected chi connectivity index (χ2v) is 5.37. The molecule has 29 heteroatoms. The summed E-state index contributed by atoms with van der Waals surface area (Å²) in [6.45, 7) is 0. The van der Waals surface area contributed by atoms with Crippen LogP contribution in [0.1, 0.15) is 0 Å². The van der Waals surface area contributed by atoms with Gasteiger partial charge in [0, 0.05) is 0 Å². The number of hydrogen-bond acceptors (Lipinski definition) is 19. The van der Waals surface area contributed by atoms with Crippen molar-refractivity contribution in [2.45, 2.75) is 0 Å². The molecule has 0 rings (SSSR count). The van der Waals surface area contributed by atoms with Crippen molar-refractivity contribution < 1.29 is 160 Å². The van der Waals surface area contributed by atoms with E-state index in [2.05, 4.69) is 0 Å². The van der Waals surface area contributed by atoms with Crippen LogP contribution in [0.15, 0.2) is 0 Å². The Labute approximate surface area is 297 Å². The second-order valence-electron chi connectivity index (χ2n) is 1.79. The molecular formula is Ca3O19P4Zr3. The van der Waals surface area contributed by atoms with Gasteiger partial charge in [-0.3, -0.25) is 0 Å². The Morgan fingerprint density at radius 2 is 0.310 bits per heavy atom. The topological polar surface area (TPSA) is 396 Å². The summed E-state index contributed by atoms with van der Waals surface area (Å²) in [6, 6.07) is 0. The van der Waals surface area contributed by atoms with Crippen LogP contribution < -0.4 is 58.7 Å². The third kappa shape index (κ3) is 908. The monoisotopic (exact) mass is 817 g/mol. The molecule has 0 aliphatic carbocycles. The van der Waals surface area contributed by atoms with E-state index in [0.29, 0.717) is 74.2 Å². The van der Waals surface area contributed by atoms with Gasteiger partial charge >= 0.3 is 196 Å². The van der Waals surface area contributed by atoms with Crippen molar-refractivity contribution in [3.63, 3.8) is 0 Å². The SMILES string of the molecule is O=P([O-])([O-])[O-].O=P([O-])([O-])[O-].O=P([O-])([O-])[O-].O=P([O-])([O-])[O-].[Ca+2].[Ca+2].[Ca+2].[O]=[Zr+2].[O]=[Zr+2].[O]=[Zr+2]. The summed E-state index contributed by atoms with van der Waals surface area (Å²) >= 11 is 0.900. The molecule has 0 radical (unpaired) electrons. The van der Waals surface area contributed by atoms with Gasteiger partial charge in [-0.15, -0.1) is 0 Å². The van der Waals surface area contributed by atoms with Crippen molar-refractivity contribution >= 4 is 145 Å². The van der Waals surface area contributed by atoms with Gasteiger partial charge < -0.3 is 77.0 Å². The fraction of sp³-hybridized carbons (Fsp3) is 0. The van der Waals surface area contributed by atoms with Crippen LogP contribution in [0, 0.1) is 0 Å². The fourth-order valence-corrected chi connectivity index (χ4v) is 0. The minimum atomic E-state index is -5.39. The molecule has 0 aliphatic heterocycles. The van der Waals surface area contributed by atoms with Gasteiger partial charge in [0.2, 0.25) is 0 Å². The summed E-state index contributed by atoms with van der Waals surface area (Å²) in [5.74, 6) is 0. The van der Waals surface area contributed by atoms with E-state index in [4.69, 9.17) is 85.4 Å². The van der Waals surface area contributed by atoms with Crippen LogP contribution in [0.5, 0.6) is 0 Å². The van der Waals surface area contributed by atoms with Crippen molar-refractivity contribution in [1.29, 1.82) is 0 Å². The molecule has 152 valence electrons. The van der Waals surface area contributed by atoms with Gasteiger partial charge in [-0.25, -0.2) is 0 Å². The van der Waals surface area contributed by atoms with Crippen LogP contribution in [0.3, 0.4) is 0 Å². The first-order chi connectivity index (χ1) is 11.0. The molecule has 0 bridgehead atoms. The van der Waals surface area contributed by atoms with Gasteiger partial charge in [0.05, 0.1) is 0 Å². The average Bonchev–Trinajstić information content (AvgIpc) is 2.27. The quantitative estimate of drug-likeness (QED) is 0.162. The second kappa shape index (κ2) is 41.4. The Hall–Kier alpha value is 6.27. The van der Waals surface area contributed by atoms with Crippen LogP contribution in [-0.2, 0) is 101 Å². The number of rotatable bonds is 0. The van der Waals surface area contributed by atoms with Crippen LogP contribution in [0.25, 0.3) is 0 Å². The molecule has 0 saturated heterocycles. The summed E-state index contributed by atoms with van der Waals surface area (Å²) in [4.78, 5) is 103. The molecule has 19 nitrogen and oxygen atoms in total. The number of phosphoric acid groups is 4. The summed E-state index contributed by atoms with van der Waals surface area (Å²) < 4.78 is 59.2. The first-order valence-electron chi connectivity index (χ1n) is 3.53. The summed E-state index contributed by atoms with van der Waals surface area (Å²) in [5, 5.41) is 0. The molecule has 0 fully saturated rings. The van der Waals surface area contributed by atoms with Crippen LogP contribution in [-0.4, -0.2) is 113 Å². The van der Waals surface area contributed by atoms with Crippen LogP contribution >= 0.6 is 31.3 Å². The van der Waals surface area contributed by atoms with E-state index in [1.165, 1.54) is 0 Å². The van der Waals surface area contributed by atoms with Crippen molar-refractivity contribution in [3.05, 3.63) is 0 Å². The molecule has 0 saturated carbocycles. The summed E-state index contributed by atoms with van der Waals surface area (Å²) in [6.07, 6.45) is 0. The standard InChI is InChI=1S/3Ca.4H3O4P.3O.3Zr/c;;;4*1-5(2,3)4;;;;;;/h;;;4*(H3,1,2,3,4);;;;;;/q3*+2;;;;;;;;3*+2/p-12. The van der Waals surface area contributed by atoms with Crippen molar-refractivity contribution in [3.8, 4) is 0 Å². The van der Waals surface area contributed by atoms with Gasteiger partial charge in [0.25, 0.3) is 0 Å². The van der Waals surface area contributed by atoms with Gasteiger partial charge in [0.15, 0.2) is 0 Å². The van der Waals surface area contributed by atoms with Crippen molar-refractivity contribution in [2.75, 3.05) is 0 Å². The van der Waals surface area contributed by atoms with E-state index in [-0.39, 0.29) is 113 Å². The molecule has 0 heterocycles. The predicted molar refractivity (Wildman–Crippen MR) is 49.7 cm³/mol. The Morgan fingerprint density at radius 3 is 0.310 bits per heavy atom. The molecule has 0 N–H and O–H groups in total. The maximum absolute atomic E-state index is 8.55. The minimum absolute atomic E-state index is 0. The molecule has 0 atom stereocenters. The molecule has 0 aromatic heterocycles.